The first-order chi connectivity index (χ1) is 13.4. The summed E-state index contributed by atoms with van der Waals surface area (Å²) in [5.74, 6) is -1.97. The maximum atomic E-state index is 12.1. The summed E-state index contributed by atoms with van der Waals surface area (Å²) in [4.78, 5) is 47.0. The number of amides is 2. The van der Waals surface area contributed by atoms with Crippen molar-refractivity contribution in [1.29, 1.82) is 0 Å². The molecule has 0 aliphatic heterocycles. The molecule has 0 bridgehead atoms. The zero-order chi connectivity index (χ0) is 20.1. The Morgan fingerprint density at radius 3 is 2.29 bits per heavy atom. The van der Waals surface area contributed by atoms with Crippen LogP contribution in [0.1, 0.15) is 17.5 Å². The first kappa shape index (κ1) is 18.8. The van der Waals surface area contributed by atoms with Crippen molar-refractivity contribution in [1.82, 2.24) is 0 Å². The average Bonchev–Trinajstić information content (AvgIpc) is 2.67. The molecule has 142 valence electrons. The van der Waals surface area contributed by atoms with Crippen molar-refractivity contribution < 1.29 is 23.5 Å². The number of carbonyl (C=O) groups excluding carboxylic acids is 3. The largest absolute Gasteiger partial charge is 0.450 e. The van der Waals surface area contributed by atoms with Gasteiger partial charge >= 0.3 is 5.97 Å². The van der Waals surface area contributed by atoms with E-state index in [0.717, 1.165) is 6.07 Å². The second-order valence-corrected chi connectivity index (χ2v) is 5.85. The topological polar surface area (TPSA) is 115 Å². The van der Waals surface area contributed by atoms with Gasteiger partial charge in [-0.1, -0.05) is 12.1 Å². The summed E-state index contributed by atoms with van der Waals surface area (Å²) in [6.45, 7) is 0.838. The molecule has 0 fully saturated rings. The predicted molar refractivity (Wildman–Crippen MR) is 102 cm³/mol. The molecule has 0 spiro atoms. The summed E-state index contributed by atoms with van der Waals surface area (Å²) in [7, 11) is 0. The van der Waals surface area contributed by atoms with Gasteiger partial charge in [0.2, 0.25) is 11.7 Å². The van der Waals surface area contributed by atoms with E-state index in [9.17, 15) is 19.2 Å². The number of anilines is 2. The van der Waals surface area contributed by atoms with Crippen LogP contribution in [-0.2, 0) is 14.3 Å². The molecule has 8 heteroatoms. The third-order valence-electron chi connectivity index (χ3n) is 3.66. The number of nitrogens with one attached hydrogen (secondary N) is 2. The molecule has 2 aromatic carbocycles. The van der Waals surface area contributed by atoms with Gasteiger partial charge < -0.3 is 19.8 Å². The van der Waals surface area contributed by atoms with Crippen LogP contribution < -0.4 is 16.1 Å². The molecule has 0 saturated carbocycles. The van der Waals surface area contributed by atoms with Gasteiger partial charge in [0.15, 0.2) is 12.0 Å². The summed E-state index contributed by atoms with van der Waals surface area (Å²) in [6.07, 6.45) is 0. The fourth-order valence-electron chi connectivity index (χ4n) is 2.44. The van der Waals surface area contributed by atoms with Crippen LogP contribution in [0.3, 0.4) is 0 Å². The van der Waals surface area contributed by atoms with Gasteiger partial charge in [0.1, 0.15) is 5.58 Å². The molecule has 28 heavy (non-hydrogen) atoms. The lowest BCUT2D eigenvalue weighted by Crippen LogP contribution is -2.21. The highest BCUT2D eigenvalue weighted by Gasteiger charge is 2.15. The fraction of sp³-hybridized carbons (Fsp3) is 0.100. The van der Waals surface area contributed by atoms with Crippen LogP contribution in [0, 0.1) is 0 Å². The Labute approximate surface area is 159 Å². The first-order valence-electron chi connectivity index (χ1n) is 8.30. The molecular formula is C20H16N2O6. The monoisotopic (exact) mass is 380 g/mol. The maximum absolute atomic E-state index is 12.1. The van der Waals surface area contributed by atoms with E-state index in [0.29, 0.717) is 16.8 Å². The molecule has 3 aromatic rings. The zero-order valence-corrected chi connectivity index (χ0v) is 14.9. The van der Waals surface area contributed by atoms with Gasteiger partial charge in [-0.25, -0.2) is 4.79 Å². The maximum Gasteiger partial charge on any atom is 0.374 e. The van der Waals surface area contributed by atoms with E-state index in [1.165, 1.54) is 6.92 Å². The minimum absolute atomic E-state index is 0.205. The van der Waals surface area contributed by atoms with Crippen LogP contribution in [0.4, 0.5) is 11.4 Å². The van der Waals surface area contributed by atoms with E-state index in [-0.39, 0.29) is 22.7 Å². The normalized spacial score (nSPS) is 10.3. The zero-order valence-electron chi connectivity index (χ0n) is 14.9. The van der Waals surface area contributed by atoms with Crippen LogP contribution in [0.5, 0.6) is 0 Å². The molecule has 0 aliphatic carbocycles. The molecule has 8 nitrogen and oxygen atoms in total. The van der Waals surface area contributed by atoms with Crippen molar-refractivity contribution in [2.75, 3.05) is 17.2 Å². The van der Waals surface area contributed by atoms with Gasteiger partial charge in [0.05, 0.1) is 5.39 Å². The summed E-state index contributed by atoms with van der Waals surface area (Å²) < 4.78 is 10.3. The quantitative estimate of drug-likeness (QED) is 0.658. The van der Waals surface area contributed by atoms with E-state index in [1.807, 2.05) is 0 Å². The molecular weight excluding hydrogens is 364 g/mol. The third kappa shape index (κ3) is 4.61. The number of hydrogen-bond acceptors (Lipinski definition) is 6. The molecule has 1 heterocycles. The lowest BCUT2D eigenvalue weighted by atomic mass is 10.2. The fourth-order valence-corrected chi connectivity index (χ4v) is 2.44. The Morgan fingerprint density at radius 2 is 1.61 bits per heavy atom. The molecule has 0 unspecified atom stereocenters. The molecule has 0 aliphatic rings. The lowest BCUT2D eigenvalue weighted by Gasteiger charge is -2.08. The lowest BCUT2D eigenvalue weighted by molar-refractivity contribution is -0.119. The molecule has 0 radical (unpaired) electrons. The number of rotatable bonds is 5. The minimum atomic E-state index is -0.918. The number of benzene rings is 2. The smallest absolute Gasteiger partial charge is 0.374 e. The van der Waals surface area contributed by atoms with Crippen LogP contribution in [-0.4, -0.2) is 24.4 Å². The average molecular weight is 380 g/mol. The van der Waals surface area contributed by atoms with Gasteiger partial charge in [-0.15, -0.1) is 0 Å². The van der Waals surface area contributed by atoms with E-state index >= 15 is 0 Å². The number of para-hydroxylation sites is 1. The standard InChI is InChI=1S/C20H16N2O6/c1-12(23)21-13-6-8-14(9-7-13)22-19(25)11-27-20(26)18-10-16(24)15-4-2-3-5-17(15)28-18/h2-10H,11H2,1H3,(H,21,23)(H,22,25). The van der Waals surface area contributed by atoms with Crippen LogP contribution >= 0.6 is 0 Å². The number of ether oxygens (including phenoxy) is 1. The minimum Gasteiger partial charge on any atom is -0.450 e. The highest BCUT2D eigenvalue weighted by atomic mass is 16.5. The van der Waals surface area contributed by atoms with E-state index in [1.54, 1.807) is 48.5 Å². The van der Waals surface area contributed by atoms with Crippen LogP contribution in [0.2, 0.25) is 0 Å². The SMILES string of the molecule is CC(=O)Nc1ccc(NC(=O)COC(=O)c2cc(=O)c3ccccc3o2)cc1. The Morgan fingerprint density at radius 1 is 0.964 bits per heavy atom. The molecule has 2 N–H and O–H groups in total. The summed E-state index contributed by atoms with van der Waals surface area (Å²) >= 11 is 0. The molecule has 1 aromatic heterocycles. The van der Waals surface area contributed by atoms with Crippen molar-refractivity contribution in [2.24, 2.45) is 0 Å². The van der Waals surface area contributed by atoms with Gasteiger partial charge in [-0.05, 0) is 36.4 Å². The van der Waals surface area contributed by atoms with Gasteiger partial charge in [0, 0.05) is 24.4 Å². The summed E-state index contributed by atoms with van der Waals surface area (Å²) in [5, 5.41) is 5.50. The molecule has 2 amide bonds. The third-order valence-corrected chi connectivity index (χ3v) is 3.66. The van der Waals surface area contributed by atoms with Crippen LogP contribution in [0.25, 0.3) is 11.0 Å². The van der Waals surface area contributed by atoms with Gasteiger partial charge in [0.25, 0.3) is 5.91 Å². The van der Waals surface area contributed by atoms with Crippen molar-refractivity contribution in [3.63, 3.8) is 0 Å². The van der Waals surface area contributed by atoms with E-state index in [4.69, 9.17) is 9.15 Å². The van der Waals surface area contributed by atoms with E-state index < -0.39 is 18.5 Å². The number of fused-ring (bicyclic) bond motifs is 1. The summed E-state index contributed by atoms with van der Waals surface area (Å²) in [5.41, 5.74) is 0.929. The highest BCUT2D eigenvalue weighted by Crippen LogP contribution is 2.14. The van der Waals surface area contributed by atoms with Crippen LogP contribution in [0.15, 0.2) is 63.8 Å². The Bertz CT molecular complexity index is 1100. The second kappa shape index (κ2) is 8.17. The number of esters is 1. The Hall–Kier alpha value is -3.94. The highest BCUT2D eigenvalue weighted by molar-refractivity contribution is 5.95. The molecule has 0 atom stereocenters. The van der Waals surface area contributed by atoms with Crippen molar-refractivity contribution in [3.05, 3.63) is 70.6 Å². The van der Waals surface area contributed by atoms with Crippen molar-refractivity contribution >= 4 is 40.1 Å². The summed E-state index contributed by atoms with van der Waals surface area (Å²) in [6, 6.07) is 13.9. The number of carbonyl (C=O) groups is 3. The van der Waals surface area contributed by atoms with E-state index in [2.05, 4.69) is 10.6 Å². The van der Waals surface area contributed by atoms with Crippen molar-refractivity contribution in [2.45, 2.75) is 6.92 Å². The molecule has 3 rings (SSSR count). The van der Waals surface area contributed by atoms with Crippen molar-refractivity contribution in [3.8, 4) is 0 Å². The number of hydrogen-bond donors (Lipinski definition) is 2. The van der Waals surface area contributed by atoms with Gasteiger partial charge in [-0.2, -0.15) is 0 Å². The second-order valence-electron chi connectivity index (χ2n) is 5.85. The van der Waals surface area contributed by atoms with Gasteiger partial charge in [-0.3, -0.25) is 14.4 Å². The molecule has 0 saturated heterocycles. The Balaban J connectivity index is 1.59. The Kier molecular flexibility index (Phi) is 5.50. The first-order valence-corrected chi connectivity index (χ1v) is 8.30. The predicted octanol–water partition coefficient (Wildman–Crippen LogP) is 2.55.